The summed E-state index contributed by atoms with van der Waals surface area (Å²) < 4.78 is 30.6. The molecule has 0 aliphatic rings. The maximum Gasteiger partial charge on any atom is 0.223 e. The van der Waals surface area contributed by atoms with Gasteiger partial charge in [-0.15, -0.1) is 0 Å². The highest BCUT2D eigenvalue weighted by molar-refractivity contribution is 7.89. The molecule has 1 heterocycles. The normalized spacial score (nSPS) is 12.2. The minimum Gasteiger partial charge on any atom is -0.340 e. The Balaban J connectivity index is 2.21. The number of hydrogen-bond acceptors (Lipinski definition) is 6. The van der Waals surface area contributed by atoms with Crippen molar-refractivity contribution in [3.63, 3.8) is 0 Å². The van der Waals surface area contributed by atoms with E-state index in [0.29, 0.717) is 24.2 Å². The van der Waals surface area contributed by atoms with Crippen LogP contribution in [0.2, 0.25) is 0 Å². The van der Waals surface area contributed by atoms with Crippen LogP contribution >= 0.6 is 0 Å². The second kappa shape index (κ2) is 7.56. The van der Waals surface area contributed by atoms with Gasteiger partial charge in [0.15, 0.2) is 5.82 Å². The van der Waals surface area contributed by atoms with Gasteiger partial charge in [-0.2, -0.15) is 4.98 Å². The van der Waals surface area contributed by atoms with Crippen LogP contribution < -0.4 is 10.0 Å². The molecule has 2 N–H and O–H groups in total. The summed E-state index contributed by atoms with van der Waals surface area (Å²) in [6.07, 6.45) is 1.46. The van der Waals surface area contributed by atoms with Gasteiger partial charge < -0.3 is 9.84 Å². The van der Waals surface area contributed by atoms with E-state index in [2.05, 4.69) is 34.0 Å². The molecular formula is C11H22N4O3S. The van der Waals surface area contributed by atoms with Crippen molar-refractivity contribution in [1.29, 1.82) is 0 Å². The molecule has 0 amide bonds. The monoisotopic (exact) mass is 290 g/mol. The molecule has 7 nitrogen and oxygen atoms in total. The lowest BCUT2D eigenvalue weighted by Gasteiger charge is -2.08. The molecule has 0 aliphatic carbocycles. The first kappa shape index (κ1) is 16.1. The smallest absolute Gasteiger partial charge is 0.223 e. The minimum atomic E-state index is -3.27. The van der Waals surface area contributed by atoms with Crippen LogP contribution in [0.25, 0.3) is 0 Å². The molecule has 0 fully saturated rings. The molecule has 1 aromatic heterocycles. The first-order valence-electron chi connectivity index (χ1n) is 6.39. The van der Waals surface area contributed by atoms with Crippen LogP contribution in [0.5, 0.6) is 0 Å². The predicted octanol–water partition coefficient (Wildman–Crippen LogP) is 0.576. The van der Waals surface area contributed by atoms with Gasteiger partial charge in [0.2, 0.25) is 15.9 Å². The molecule has 8 heteroatoms. The van der Waals surface area contributed by atoms with Gasteiger partial charge >= 0.3 is 0 Å². The number of hydrogen-bond donors (Lipinski definition) is 2. The zero-order valence-electron chi connectivity index (χ0n) is 11.6. The number of rotatable bonds is 9. The Morgan fingerprint density at radius 1 is 1.32 bits per heavy atom. The largest absolute Gasteiger partial charge is 0.340 e. The minimum absolute atomic E-state index is 0.0733. The third kappa shape index (κ3) is 7.24. The number of unbranched alkanes of at least 4 members (excludes halogenated alkanes) is 1. The van der Waals surface area contributed by atoms with Crippen LogP contribution in [0, 0.1) is 6.92 Å². The van der Waals surface area contributed by atoms with E-state index in [4.69, 9.17) is 4.52 Å². The Hall–Kier alpha value is -0.990. The number of nitrogens with one attached hydrogen (secondary N) is 2. The van der Waals surface area contributed by atoms with Crippen molar-refractivity contribution in [3.8, 4) is 0 Å². The third-order valence-electron chi connectivity index (χ3n) is 2.41. The lowest BCUT2D eigenvalue weighted by molar-refractivity contribution is 0.387. The summed E-state index contributed by atoms with van der Waals surface area (Å²) in [4.78, 5) is 3.93. The van der Waals surface area contributed by atoms with Crippen molar-refractivity contribution in [2.24, 2.45) is 0 Å². The third-order valence-corrected chi connectivity index (χ3v) is 3.82. The average molecular weight is 290 g/mol. The van der Waals surface area contributed by atoms with Crippen molar-refractivity contribution in [3.05, 3.63) is 11.7 Å². The molecule has 1 rings (SSSR count). The molecule has 0 spiro atoms. The summed E-state index contributed by atoms with van der Waals surface area (Å²) in [6, 6.07) is 0.427. The maximum absolute atomic E-state index is 11.7. The van der Waals surface area contributed by atoms with E-state index in [1.165, 1.54) is 0 Å². The first-order chi connectivity index (χ1) is 8.89. The summed E-state index contributed by atoms with van der Waals surface area (Å²) >= 11 is 0. The molecule has 1 aromatic rings. The molecule has 19 heavy (non-hydrogen) atoms. The number of aromatic nitrogens is 2. The highest BCUT2D eigenvalue weighted by Gasteiger charge is 2.11. The van der Waals surface area contributed by atoms with Crippen molar-refractivity contribution in [1.82, 2.24) is 20.2 Å². The summed E-state index contributed by atoms with van der Waals surface area (Å²) in [7, 11) is -3.27. The van der Waals surface area contributed by atoms with Crippen LogP contribution in [0.4, 0.5) is 0 Å². The molecule has 0 bridgehead atoms. The van der Waals surface area contributed by atoms with Crippen LogP contribution in [-0.4, -0.2) is 36.9 Å². The Morgan fingerprint density at radius 2 is 2.05 bits per heavy atom. The number of sulfonamides is 1. The summed E-state index contributed by atoms with van der Waals surface area (Å²) in [5.41, 5.74) is 0. The summed E-state index contributed by atoms with van der Waals surface area (Å²) in [5.74, 6) is 0.889. The van der Waals surface area contributed by atoms with Gasteiger partial charge in [0.05, 0.1) is 12.3 Å². The topological polar surface area (TPSA) is 97.1 Å². The van der Waals surface area contributed by atoms with Gasteiger partial charge in [0.1, 0.15) is 0 Å². The van der Waals surface area contributed by atoms with E-state index in [1.54, 1.807) is 6.92 Å². The fourth-order valence-corrected chi connectivity index (χ4v) is 2.55. The Kier molecular flexibility index (Phi) is 6.40. The zero-order valence-corrected chi connectivity index (χ0v) is 12.5. The molecule has 0 unspecified atom stereocenters. The van der Waals surface area contributed by atoms with Crippen molar-refractivity contribution < 1.29 is 12.9 Å². The van der Waals surface area contributed by atoms with Crippen LogP contribution in [-0.2, 0) is 16.6 Å². The van der Waals surface area contributed by atoms with Crippen LogP contribution in [0.1, 0.15) is 38.4 Å². The summed E-state index contributed by atoms with van der Waals surface area (Å²) in [6.45, 7) is 6.68. The van der Waals surface area contributed by atoms with E-state index in [1.807, 2.05) is 0 Å². The standard InChI is InChI=1S/C11H22N4O3S/c1-9(2)12-6-4-5-7-19(16,17)13-8-11-14-10(3)18-15-11/h9,12-13H,4-8H2,1-3H3. The molecule has 0 saturated heterocycles. The van der Waals surface area contributed by atoms with E-state index >= 15 is 0 Å². The first-order valence-corrected chi connectivity index (χ1v) is 8.04. The number of aryl methyl sites for hydroxylation is 1. The van der Waals surface area contributed by atoms with E-state index in [9.17, 15) is 8.42 Å². The zero-order chi connectivity index (χ0) is 14.3. The highest BCUT2D eigenvalue weighted by atomic mass is 32.2. The van der Waals surface area contributed by atoms with Gasteiger partial charge in [-0.05, 0) is 19.4 Å². The Morgan fingerprint density at radius 3 is 2.63 bits per heavy atom. The van der Waals surface area contributed by atoms with Crippen molar-refractivity contribution in [2.75, 3.05) is 12.3 Å². The van der Waals surface area contributed by atoms with Crippen LogP contribution in [0.3, 0.4) is 0 Å². The molecular weight excluding hydrogens is 268 g/mol. The molecule has 0 atom stereocenters. The maximum atomic E-state index is 11.7. The average Bonchev–Trinajstić information content (AvgIpc) is 2.72. The quantitative estimate of drug-likeness (QED) is 0.646. The van der Waals surface area contributed by atoms with Gasteiger partial charge in [0.25, 0.3) is 0 Å². The fourth-order valence-electron chi connectivity index (χ4n) is 1.47. The van der Waals surface area contributed by atoms with Crippen molar-refractivity contribution >= 4 is 10.0 Å². The molecule has 110 valence electrons. The Bertz CT molecular complexity index is 470. The van der Waals surface area contributed by atoms with Gasteiger partial charge in [-0.3, -0.25) is 0 Å². The van der Waals surface area contributed by atoms with Gasteiger partial charge in [0, 0.05) is 13.0 Å². The predicted molar refractivity (Wildman–Crippen MR) is 72.0 cm³/mol. The second-order valence-electron chi connectivity index (χ2n) is 4.69. The highest BCUT2D eigenvalue weighted by Crippen LogP contribution is 1.98. The molecule has 0 aliphatic heterocycles. The fraction of sp³-hybridized carbons (Fsp3) is 0.818. The van der Waals surface area contributed by atoms with Gasteiger partial charge in [-0.25, -0.2) is 13.1 Å². The summed E-state index contributed by atoms with van der Waals surface area (Å²) in [5, 5.41) is 6.87. The Labute approximate surface area is 114 Å². The van der Waals surface area contributed by atoms with Crippen LogP contribution in [0.15, 0.2) is 4.52 Å². The van der Waals surface area contributed by atoms with Crippen molar-refractivity contribution in [2.45, 2.75) is 46.2 Å². The number of nitrogens with zero attached hydrogens (tertiary/aromatic N) is 2. The van der Waals surface area contributed by atoms with Gasteiger partial charge in [-0.1, -0.05) is 19.0 Å². The molecule has 0 radical (unpaired) electrons. The van der Waals surface area contributed by atoms with E-state index < -0.39 is 10.0 Å². The molecule has 0 saturated carbocycles. The van der Waals surface area contributed by atoms with E-state index in [0.717, 1.165) is 13.0 Å². The molecule has 0 aromatic carbocycles. The van der Waals surface area contributed by atoms with E-state index in [-0.39, 0.29) is 12.3 Å². The second-order valence-corrected chi connectivity index (χ2v) is 6.61. The lowest BCUT2D eigenvalue weighted by Crippen LogP contribution is -2.28. The lowest BCUT2D eigenvalue weighted by atomic mass is 10.3. The SMILES string of the molecule is Cc1nc(CNS(=O)(=O)CCCCNC(C)C)no1.